The third-order valence-electron chi connectivity index (χ3n) is 4.90. The molecule has 0 aliphatic rings. The number of carbonyl (C=O) groups is 3. The van der Waals surface area contributed by atoms with E-state index in [1.165, 1.54) is 12.3 Å². The lowest BCUT2D eigenvalue weighted by atomic mass is 9.98. The van der Waals surface area contributed by atoms with E-state index in [1.807, 2.05) is 20.8 Å². The van der Waals surface area contributed by atoms with Gasteiger partial charge in [-0.25, -0.2) is 10.0 Å². The average molecular weight is 449 g/mol. The van der Waals surface area contributed by atoms with Crippen molar-refractivity contribution in [1.82, 2.24) is 19.9 Å². The van der Waals surface area contributed by atoms with Gasteiger partial charge in [0.2, 0.25) is 18.2 Å². The number of nitrogens with one attached hydrogen (secondary N) is 1. The molecule has 0 spiro atoms. The predicted octanol–water partition coefficient (Wildman–Crippen LogP) is 2.54. The molecule has 0 saturated carbocycles. The van der Waals surface area contributed by atoms with Crippen LogP contribution in [0.15, 0.2) is 29.1 Å². The van der Waals surface area contributed by atoms with E-state index in [1.54, 1.807) is 0 Å². The van der Waals surface area contributed by atoms with E-state index >= 15 is 0 Å². The molecule has 2 amide bonds. The van der Waals surface area contributed by atoms with E-state index < -0.39 is 22.8 Å². The molecule has 0 fully saturated rings. The molecular formula is C20H27N5O7. The van der Waals surface area contributed by atoms with Crippen LogP contribution in [0.4, 0.5) is 5.69 Å². The number of hydrogen-bond acceptors (Lipinski definition) is 8. The second-order valence-corrected chi connectivity index (χ2v) is 7.71. The molecule has 0 saturated heterocycles. The second kappa shape index (κ2) is 11.2. The van der Waals surface area contributed by atoms with Gasteiger partial charge in [0.1, 0.15) is 12.3 Å². The minimum absolute atomic E-state index is 0.0737. The van der Waals surface area contributed by atoms with Crippen molar-refractivity contribution in [3.63, 3.8) is 0 Å². The number of aromatic nitrogens is 2. The summed E-state index contributed by atoms with van der Waals surface area (Å²) in [5.74, 6) is -1.70. The topological polar surface area (TPSA) is 161 Å². The van der Waals surface area contributed by atoms with Crippen molar-refractivity contribution in [2.45, 2.75) is 46.1 Å². The highest BCUT2D eigenvalue weighted by molar-refractivity contribution is 5.94. The van der Waals surface area contributed by atoms with Crippen LogP contribution < -0.4 is 5.32 Å². The van der Waals surface area contributed by atoms with Gasteiger partial charge in [0.25, 0.3) is 11.6 Å². The number of nitrogens with zero attached hydrogens (tertiary/aromatic N) is 4. The van der Waals surface area contributed by atoms with Crippen LogP contribution in [0, 0.1) is 22.0 Å². The maximum atomic E-state index is 12.8. The Morgan fingerprint density at radius 3 is 2.72 bits per heavy atom. The largest absolute Gasteiger partial charge is 0.446 e. The summed E-state index contributed by atoms with van der Waals surface area (Å²) >= 11 is 0. The molecule has 2 atom stereocenters. The van der Waals surface area contributed by atoms with Crippen molar-refractivity contribution >= 4 is 23.9 Å². The van der Waals surface area contributed by atoms with Crippen molar-refractivity contribution in [3.05, 3.63) is 46.4 Å². The summed E-state index contributed by atoms with van der Waals surface area (Å²) in [5, 5.41) is 23.6. The van der Waals surface area contributed by atoms with Gasteiger partial charge < -0.3 is 9.73 Å². The molecule has 0 radical (unpaired) electrons. The van der Waals surface area contributed by atoms with Crippen LogP contribution in [0.25, 0.3) is 0 Å². The third-order valence-corrected chi connectivity index (χ3v) is 4.90. The van der Waals surface area contributed by atoms with Crippen LogP contribution in [-0.2, 0) is 9.59 Å². The van der Waals surface area contributed by atoms with Crippen LogP contribution in [0.2, 0.25) is 0 Å². The molecule has 2 N–H and O–H groups in total. The van der Waals surface area contributed by atoms with Gasteiger partial charge in [-0.05, 0) is 12.3 Å². The fourth-order valence-corrected chi connectivity index (χ4v) is 3.09. The normalized spacial score (nSPS) is 12.9. The number of amides is 2. The SMILES string of the molecule is CCCC[C@H](CN(O)C=O)C(=O)N[C@H](c1nc(C(=O)n2ccc([N+](=O)[O-])c2)co1)C(C)C. The second-order valence-electron chi connectivity index (χ2n) is 7.71. The van der Waals surface area contributed by atoms with Crippen LogP contribution in [0.5, 0.6) is 0 Å². The van der Waals surface area contributed by atoms with Crippen molar-refractivity contribution in [2.75, 3.05) is 6.54 Å². The highest BCUT2D eigenvalue weighted by Gasteiger charge is 2.29. The molecule has 174 valence electrons. The number of hydroxylamine groups is 2. The van der Waals surface area contributed by atoms with Crippen molar-refractivity contribution < 1.29 is 28.9 Å². The lowest BCUT2D eigenvalue weighted by Crippen LogP contribution is -2.40. The van der Waals surface area contributed by atoms with E-state index in [4.69, 9.17) is 4.42 Å². The Morgan fingerprint density at radius 2 is 2.16 bits per heavy atom. The maximum Gasteiger partial charge on any atom is 0.287 e. The highest BCUT2D eigenvalue weighted by Crippen LogP contribution is 2.23. The smallest absolute Gasteiger partial charge is 0.287 e. The monoisotopic (exact) mass is 449 g/mol. The Morgan fingerprint density at radius 1 is 1.44 bits per heavy atom. The number of hydrogen-bond donors (Lipinski definition) is 2. The van der Waals surface area contributed by atoms with Crippen LogP contribution in [0.3, 0.4) is 0 Å². The van der Waals surface area contributed by atoms with E-state index in [2.05, 4.69) is 10.3 Å². The van der Waals surface area contributed by atoms with Crippen molar-refractivity contribution in [2.24, 2.45) is 11.8 Å². The lowest BCUT2D eigenvalue weighted by Gasteiger charge is -2.24. The minimum Gasteiger partial charge on any atom is -0.446 e. The number of rotatable bonds is 12. The zero-order chi connectivity index (χ0) is 23.8. The van der Waals surface area contributed by atoms with Gasteiger partial charge in [-0.3, -0.25) is 34.3 Å². The zero-order valence-electron chi connectivity index (χ0n) is 18.1. The number of carbonyl (C=O) groups excluding carboxylic acids is 3. The summed E-state index contributed by atoms with van der Waals surface area (Å²) in [7, 11) is 0. The predicted molar refractivity (Wildman–Crippen MR) is 111 cm³/mol. The molecule has 2 aromatic heterocycles. The number of oxazole rings is 1. The number of nitro groups is 1. The minimum atomic E-state index is -0.671. The molecule has 12 nitrogen and oxygen atoms in total. The molecule has 0 aliphatic carbocycles. The van der Waals surface area contributed by atoms with Gasteiger partial charge in [0, 0.05) is 12.3 Å². The molecule has 0 unspecified atom stereocenters. The van der Waals surface area contributed by atoms with Gasteiger partial charge in [-0.15, -0.1) is 0 Å². The molecule has 0 aromatic carbocycles. The van der Waals surface area contributed by atoms with Crippen LogP contribution >= 0.6 is 0 Å². The Hall–Kier alpha value is -3.54. The Labute approximate surface area is 184 Å². The summed E-state index contributed by atoms with van der Waals surface area (Å²) in [5.41, 5.74) is -0.309. The summed E-state index contributed by atoms with van der Waals surface area (Å²) in [6, 6.07) is 0.520. The molecular weight excluding hydrogens is 422 g/mol. The summed E-state index contributed by atoms with van der Waals surface area (Å²) in [4.78, 5) is 50.5. The van der Waals surface area contributed by atoms with E-state index in [9.17, 15) is 29.7 Å². The first kappa shape index (κ1) is 24.7. The van der Waals surface area contributed by atoms with Crippen molar-refractivity contribution in [1.29, 1.82) is 0 Å². The van der Waals surface area contributed by atoms with Gasteiger partial charge in [0.15, 0.2) is 5.69 Å². The molecule has 2 heterocycles. The van der Waals surface area contributed by atoms with Gasteiger partial charge >= 0.3 is 0 Å². The summed E-state index contributed by atoms with van der Waals surface area (Å²) in [6.07, 6.45) is 5.74. The summed E-state index contributed by atoms with van der Waals surface area (Å²) in [6.45, 7) is 5.47. The molecule has 12 heteroatoms. The van der Waals surface area contributed by atoms with E-state index in [0.717, 1.165) is 29.9 Å². The number of unbranched alkanes of at least 4 members (excludes halogenated alkanes) is 1. The lowest BCUT2D eigenvalue weighted by molar-refractivity contribution is -0.384. The molecule has 2 rings (SSSR count). The van der Waals surface area contributed by atoms with Crippen LogP contribution in [0.1, 0.15) is 62.5 Å². The Bertz CT molecular complexity index is 952. The quantitative estimate of drug-likeness (QED) is 0.216. The van der Waals surface area contributed by atoms with E-state index in [-0.39, 0.29) is 42.1 Å². The van der Waals surface area contributed by atoms with Crippen LogP contribution in [-0.4, -0.2) is 49.5 Å². The van der Waals surface area contributed by atoms with Gasteiger partial charge in [-0.2, -0.15) is 0 Å². The molecule has 0 bridgehead atoms. The molecule has 32 heavy (non-hydrogen) atoms. The zero-order valence-corrected chi connectivity index (χ0v) is 18.1. The van der Waals surface area contributed by atoms with E-state index in [0.29, 0.717) is 11.5 Å². The maximum absolute atomic E-state index is 12.8. The highest BCUT2D eigenvalue weighted by atomic mass is 16.6. The van der Waals surface area contributed by atoms with Gasteiger partial charge in [0.05, 0.1) is 23.6 Å². The summed E-state index contributed by atoms with van der Waals surface area (Å²) < 4.78 is 6.47. The van der Waals surface area contributed by atoms with Crippen molar-refractivity contribution in [3.8, 4) is 0 Å². The fourth-order valence-electron chi connectivity index (χ4n) is 3.09. The van der Waals surface area contributed by atoms with Gasteiger partial charge in [-0.1, -0.05) is 33.6 Å². The first-order valence-corrected chi connectivity index (χ1v) is 10.2. The average Bonchev–Trinajstić information content (AvgIpc) is 3.44. The Balaban J connectivity index is 2.18. The fraction of sp³-hybridized carbons (Fsp3) is 0.500. The third kappa shape index (κ3) is 6.23. The molecule has 2 aromatic rings. The first-order valence-electron chi connectivity index (χ1n) is 10.2. The first-order chi connectivity index (χ1) is 15.2. The molecule has 0 aliphatic heterocycles. The standard InChI is InChI=1S/C20H27N5O7/c1-4-5-6-14(9-24(29)12-26)18(27)22-17(13(2)3)19-21-16(11-32-19)20(28)23-8-7-15(10-23)25(30)31/h7-8,10-14,17,29H,4-6,9H2,1-3H3,(H,22,27)/t14-,17+/m1/s1. The Kier molecular flexibility index (Phi) is 8.64.